The third-order valence-electron chi connectivity index (χ3n) is 18.4. The molecule has 0 aliphatic carbocycles. The highest BCUT2D eigenvalue weighted by atomic mass is 35.5. The molecule has 0 spiro atoms. The van der Waals surface area contributed by atoms with Crippen molar-refractivity contribution in [1.29, 1.82) is 0 Å². The first-order valence-electron chi connectivity index (χ1n) is 38.1. The molecule has 2 saturated heterocycles. The zero-order valence-corrected chi connectivity index (χ0v) is 67.8. The molecule has 4 aliphatic heterocycles. The van der Waals surface area contributed by atoms with Crippen LogP contribution >= 0.6 is 23.2 Å². The maximum atomic E-state index is 15.0. The normalized spacial score (nSPS) is 21.5. The summed E-state index contributed by atoms with van der Waals surface area (Å²) in [4.78, 5) is 133. The van der Waals surface area contributed by atoms with Crippen molar-refractivity contribution in [3.05, 3.63) is 113 Å². The number of fused-ring (bicyclic) bond motifs is 6. The Morgan fingerprint density at radius 2 is 0.744 bits per heavy atom. The summed E-state index contributed by atoms with van der Waals surface area (Å²) in [6.07, 6.45) is -9.16. The van der Waals surface area contributed by atoms with Gasteiger partial charge in [-0.25, -0.2) is 0 Å². The van der Waals surface area contributed by atoms with Gasteiger partial charge in [0, 0.05) is 139 Å². The average Bonchev–Trinajstić information content (AvgIpc) is 1.63. The van der Waals surface area contributed by atoms with E-state index in [2.05, 4.69) is 0 Å². The van der Waals surface area contributed by atoms with E-state index >= 15 is 0 Å². The summed E-state index contributed by atoms with van der Waals surface area (Å²) < 4.78 is 116. The molecular weight excluding hydrogens is 1580 g/mol. The van der Waals surface area contributed by atoms with Crippen LogP contribution in [0, 0.1) is 0 Å². The molecule has 2 N–H and O–H groups in total. The SMILES string of the molecule is CC(=O)OC[C@H]1O[C@@H](Oc2cc3c(c4ccccc24)[C@H](CCl)CN3C(=O)/C=C/c2ccc(/C=C/C(=O)N3C[C@@H](CCl)c4c3cc(O[C@@H]3O[C@H](COC(C)=O)[C@H](OC(C)=O)[C@H](OC(C)=O)[C@H]3OC(C)=O)c3ccccc43)c(OCCOCCOCCOCCOCCOCCOCCOCCN)c2)[C@H](OC(C)=O)[C@@H](OC(C)=O)[C@H]1OC(C)=O. The van der Waals surface area contributed by atoms with Gasteiger partial charge < -0.3 is 110 Å². The van der Waals surface area contributed by atoms with Crippen LogP contribution in [0.4, 0.5) is 11.4 Å². The molecule has 0 bridgehead atoms. The van der Waals surface area contributed by atoms with Crippen molar-refractivity contribution >= 4 is 128 Å². The number of rotatable bonds is 44. The number of anilines is 2. The Bertz CT molecular complexity index is 4310. The number of nitrogens with zero attached hydrogens (tertiary/aromatic N) is 2. The Labute approximate surface area is 685 Å². The first-order valence-corrected chi connectivity index (χ1v) is 39.1. The molecule has 33 nitrogen and oxygen atoms in total. The van der Waals surface area contributed by atoms with E-state index in [1.54, 1.807) is 78.9 Å². The number of amides is 2. The lowest BCUT2D eigenvalue weighted by atomic mass is 9.95. The lowest BCUT2D eigenvalue weighted by Gasteiger charge is -2.44. The van der Waals surface area contributed by atoms with Crippen molar-refractivity contribution in [2.45, 2.75) is 129 Å². The number of hydrogen-bond donors (Lipinski definition) is 1. The molecular formula is C82H99Cl2N3O30. The maximum Gasteiger partial charge on any atom is 0.303 e. The minimum Gasteiger partial charge on any atom is -0.491 e. The molecule has 4 heterocycles. The van der Waals surface area contributed by atoms with Crippen molar-refractivity contribution in [3.8, 4) is 17.2 Å². The molecule has 5 aromatic rings. The first kappa shape index (κ1) is 91.3. The van der Waals surface area contributed by atoms with Gasteiger partial charge in [-0.05, 0) is 45.7 Å². The Morgan fingerprint density at radius 1 is 0.402 bits per heavy atom. The van der Waals surface area contributed by atoms with Gasteiger partial charge in [0.05, 0.1) is 104 Å². The molecule has 5 aromatic carbocycles. The number of carbonyl (C=O) groups excluding carboxylic acids is 10. The standard InChI is InChI=1S/C82H99Cl2N3O30/c1-48(88)106-46-69-75(108-50(3)90)77(110-52(5)92)79(112-54(7)94)81(116-69)114-67-40-64-73(62-15-11-9-13-60(62)67)58(42-83)44-86(64)71(96)21-18-56-17-19-57(66(39-56)105-38-37-104-36-35-103-34-33-102-32-31-101-30-29-100-28-27-99-26-25-98-24-23-85)20-22-72(97)87-45-59(43-84)74-63-16-12-10-14-61(63)68(41-65(74)87)115-82-80(113-55(8)95)78(111-53(6)93)76(109-51(4)91)70(117-82)47-107-49(2)89/h9-22,39-41,58-59,69-70,75-82H,23-38,42-47,85H2,1-8H3/b21-18+,22-20+/t58-,59-,69-,70-,75+,76+,77+,78+,79-,80-,81-,82-/m1/s1. The van der Waals surface area contributed by atoms with E-state index in [9.17, 15) is 47.9 Å². The Kier molecular flexibility index (Phi) is 35.8. The number of alkyl halides is 2. The third-order valence-corrected chi connectivity index (χ3v) is 19.1. The summed E-state index contributed by atoms with van der Waals surface area (Å²) in [5.74, 6) is -7.50. The smallest absolute Gasteiger partial charge is 0.303 e. The van der Waals surface area contributed by atoms with Gasteiger partial charge in [-0.1, -0.05) is 60.7 Å². The van der Waals surface area contributed by atoms with Crippen molar-refractivity contribution in [1.82, 2.24) is 0 Å². The predicted molar refractivity (Wildman–Crippen MR) is 419 cm³/mol. The summed E-state index contributed by atoms with van der Waals surface area (Å²) in [5.41, 5.74) is 8.56. The monoisotopic (exact) mass is 1680 g/mol. The van der Waals surface area contributed by atoms with Gasteiger partial charge in [0.25, 0.3) is 11.8 Å². The van der Waals surface area contributed by atoms with Crippen molar-refractivity contribution in [2.75, 3.05) is 154 Å². The van der Waals surface area contributed by atoms with Crippen LogP contribution in [0.2, 0.25) is 0 Å². The van der Waals surface area contributed by atoms with Crippen LogP contribution in [0.5, 0.6) is 17.2 Å². The summed E-state index contributed by atoms with van der Waals surface area (Å²) in [7, 11) is 0. The van der Waals surface area contributed by atoms with Crippen LogP contribution < -0.4 is 29.7 Å². The quantitative estimate of drug-likeness (QED) is 0.0133. The highest BCUT2D eigenvalue weighted by Crippen LogP contribution is 2.49. The highest BCUT2D eigenvalue weighted by Gasteiger charge is 2.56. The van der Waals surface area contributed by atoms with E-state index in [4.69, 9.17) is 124 Å². The summed E-state index contributed by atoms with van der Waals surface area (Å²) in [6.45, 7) is 13.7. The lowest BCUT2D eigenvalue weighted by Crippen LogP contribution is -2.63. The minimum absolute atomic E-state index is 0.0143. The second-order valence-electron chi connectivity index (χ2n) is 27.1. The number of nitrogens with two attached hydrogens (primary N) is 1. The molecule has 9 rings (SSSR count). The molecule has 0 aromatic heterocycles. The van der Waals surface area contributed by atoms with E-state index in [0.29, 0.717) is 129 Å². The fourth-order valence-electron chi connectivity index (χ4n) is 13.6. The topological polar surface area (TPSA) is 388 Å². The number of carbonyl (C=O) groups is 10. The predicted octanol–water partition coefficient (Wildman–Crippen LogP) is 7.14. The maximum absolute atomic E-state index is 15.0. The number of hydrogen-bond acceptors (Lipinski definition) is 31. The molecule has 12 atom stereocenters. The molecule has 636 valence electrons. The number of benzene rings is 5. The van der Waals surface area contributed by atoms with Crippen LogP contribution in [0.3, 0.4) is 0 Å². The van der Waals surface area contributed by atoms with E-state index in [1.165, 1.54) is 22.0 Å². The largest absolute Gasteiger partial charge is 0.491 e. The van der Waals surface area contributed by atoms with Crippen LogP contribution in [0.25, 0.3) is 33.7 Å². The van der Waals surface area contributed by atoms with Crippen molar-refractivity contribution in [2.24, 2.45) is 5.73 Å². The van der Waals surface area contributed by atoms with Crippen LogP contribution in [-0.2, 0) is 128 Å². The first-order chi connectivity index (χ1) is 56.4. The number of halogens is 2. The molecule has 2 fully saturated rings. The molecule has 0 radical (unpaired) electrons. The zero-order chi connectivity index (χ0) is 84.1. The Morgan fingerprint density at radius 3 is 1.10 bits per heavy atom. The molecule has 2 amide bonds. The number of ether oxygens (including phenoxy) is 20. The van der Waals surface area contributed by atoms with E-state index in [-0.39, 0.29) is 68.5 Å². The van der Waals surface area contributed by atoms with E-state index in [1.807, 2.05) is 12.1 Å². The molecule has 35 heteroatoms. The van der Waals surface area contributed by atoms with Gasteiger partial charge in [0.1, 0.15) is 49.3 Å². The molecule has 0 unspecified atom stereocenters. The Balaban J connectivity index is 0.957. The van der Waals surface area contributed by atoms with Gasteiger partial charge in [-0.2, -0.15) is 0 Å². The molecule has 4 aliphatic rings. The number of esters is 8. The fraction of sp³-hybridized carbons (Fsp3) is 0.512. The van der Waals surface area contributed by atoms with Crippen LogP contribution in [0.15, 0.2) is 91.0 Å². The third kappa shape index (κ3) is 26.2. The van der Waals surface area contributed by atoms with Gasteiger partial charge in [-0.3, -0.25) is 47.9 Å². The zero-order valence-electron chi connectivity index (χ0n) is 66.3. The van der Waals surface area contributed by atoms with Gasteiger partial charge >= 0.3 is 47.8 Å². The van der Waals surface area contributed by atoms with Crippen LogP contribution in [-0.4, -0.2) is 265 Å². The molecule has 0 saturated carbocycles. The minimum atomic E-state index is -1.62. The van der Waals surface area contributed by atoms with Crippen LogP contribution in [0.1, 0.15) is 89.5 Å². The summed E-state index contributed by atoms with van der Waals surface area (Å²) in [5, 5.41) is 2.32. The second-order valence-corrected chi connectivity index (χ2v) is 27.7. The Hall–Kier alpha value is -9.62. The van der Waals surface area contributed by atoms with Gasteiger partial charge in [0.15, 0.2) is 24.4 Å². The van der Waals surface area contributed by atoms with E-state index in [0.717, 1.165) is 61.0 Å². The van der Waals surface area contributed by atoms with E-state index < -0.39 is 146 Å². The van der Waals surface area contributed by atoms with Crippen molar-refractivity contribution in [3.63, 3.8) is 0 Å². The van der Waals surface area contributed by atoms with Crippen molar-refractivity contribution < 1.29 is 143 Å². The fourth-order valence-corrected chi connectivity index (χ4v) is 14.2. The van der Waals surface area contributed by atoms with Gasteiger partial charge in [0.2, 0.25) is 24.8 Å². The summed E-state index contributed by atoms with van der Waals surface area (Å²) >= 11 is 13.5. The highest BCUT2D eigenvalue weighted by molar-refractivity contribution is 6.20. The lowest BCUT2D eigenvalue weighted by molar-refractivity contribution is -0.288. The second kappa shape index (κ2) is 45.9. The average molecular weight is 1680 g/mol. The summed E-state index contributed by atoms with van der Waals surface area (Å²) in [6, 6.07) is 22.6. The molecule has 117 heavy (non-hydrogen) atoms. The van der Waals surface area contributed by atoms with Gasteiger partial charge in [-0.15, -0.1) is 23.2 Å².